The summed E-state index contributed by atoms with van der Waals surface area (Å²) in [5.41, 5.74) is 0. The first-order valence-electron chi connectivity index (χ1n) is 28.2. The number of ether oxygens (including phenoxy) is 1. The minimum Gasteiger partial charge on any atom is -0.462 e. The van der Waals surface area contributed by atoms with Gasteiger partial charge < -0.3 is 20.3 Å². The number of hydrogen-bond acceptors (Lipinski definition) is 5. The molecule has 0 rings (SSSR count). The van der Waals surface area contributed by atoms with Crippen LogP contribution in [0.15, 0.2) is 36.5 Å². The Balaban J connectivity index is 4.55. The first-order chi connectivity index (χ1) is 31.5. The molecule has 0 aliphatic rings. The van der Waals surface area contributed by atoms with Crippen molar-refractivity contribution in [2.75, 3.05) is 6.61 Å². The Morgan fingerprint density at radius 2 is 0.844 bits per heavy atom. The zero-order valence-corrected chi connectivity index (χ0v) is 42.9. The van der Waals surface area contributed by atoms with Gasteiger partial charge >= 0.3 is 5.97 Å². The van der Waals surface area contributed by atoms with Crippen molar-refractivity contribution in [1.29, 1.82) is 0 Å². The Kier molecular flexibility index (Phi) is 50.5. The van der Waals surface area contributed by atoms with Crippen LogP contribution >= 0.6 is 0 Å². The molecule has 0 aromatic rings. The predicted octanol–water partition coefficient (Wildman–Crippen LogP) is 17.2. The summed E-state index contributed by atoms with van der Waals surface area (Å²) in [6, 6.07) is -0.701. The summed E-state index contributed by atoms with van der Waals surface area (Å²) in [5.74, 6) is -0.471. The summed E-state index contributed by atoms with van der Waals surface area (Å²) in [4.78, 5) is 26.2. The standard InChI is InChI=1S/C58H109NO5/c1-4-7-10-13-16-19-22-25-27-28-30-32-34-37-40-43-46-49-54(64-58(63)51-48-45-42-39-36-33-29-26-23-20-17-14-11-8-5-2)52-57(62)59-55(53-60)56(61)50-47-44-41-38-35-31-24-21-18-15-12-9-6-3/h8,11,14,17,20,23,54-56,60-61H,4-7,9-10,12-13,15-16,18-19,21-22,24-53H2,1-3H3,(H,59,62)/b11-8+,17-14+,23-20+. The van der Waals surface area contributed by atoms with Gasteiger partial charge in [-0.15, -0.1) is 0 Å². The van der Waals surface area contributed by atoms with Gasteiger partial charge in [-0.1, -0.05) is 276 Å². The molecule has 3 N–H and O–H groups in total. The van der Waals surface area contributed by atoms with Gasteiger partial charge in [0.1, 0.15) is 6.10 Å². The van der Waals surface area contributed by atoms with Gasteiger partial charge in [0.15, 0.2) is 0 Å². The lowest BCUT2D eigenvalue weighted by atomic mass is 10.0. The van der Waals surface area contributed by atoms with Gasteiger partial charge in [-0.25, -0.2) is 0 Å². The number of hydrogen-bond donors (Lipinski definition) is 3. The maximum Gasteiger partial charge on any atom is 0.306 e. The fourth-order valence-electron chi connectivity index (χ4n) is 8.79. The quantitative estimate of drug-likeness (QED) is 0.0321. The Morgan fingerprint density at radius 3 is 1.27 bits per heavy atom. The van der Waals surface area contributed by atoms with Crippen LogP contribution in [0.2, 0.25) is 0 Å². The number of carbonyl (C=O) groups excluding carboxylic acids is 2. The lowest BCUT2D eigenvalue weighted by Gasteiger charge is -2.24. The van der Waals surface area contributed by atoms with Crippen molar-refractivity contribution < 1.29 is 24.5 Å². The summed E-state index contributed by atoms with van der Waals surface area (Å²) < 4.78 is 5.96. The fraction of sp³-hybridized carbons (Fsp3) is 0.862. The average Bonchev–Trinajstić information content (AvgIpc) is 3.29. The van der Waals surface area contributed by atoms with E-state index in [9.17, 15) is 19.8 Å². The van der Waals surface area contributed by atoms with Gasteiger partial charge in [-0.05, 0) is 44.9 Å². The molecule has 3 atom stereocenters. The predicted molar refractivity (Wildman–Crippen MR) is 278 cm³/mol. The minimum absolute atomic E-state index is 0.0773. The van der Waals surface area contributed by atoms with Gasteiger partial charge in [0.05, 0.1) is 25.2 Å². The Morgan fingerprint density at radius 1 is 0.469 bits per heavy atom. The number of nitrogens with one attached hydrogen (secondary N) is 1. The summed E-state index contributed by atoms with van der Waals surface area (Å²) in [5, 5.41) is 23.9. The Labute approximate surface area is 398 Å². The van der Waals surface area contributed by atoms with Crippen LogP contribution in [-0.2, 0) is 14.3 Å². The van der Waals surface area contributed by atoms with Crippen molar-refractivity contribution in [2.24, 2.45) is 0 Å². The molecule has 0 radical (unpaired) electrons. The maximum atomic E-state index is 13.3. The number of rotatable bonds is 51. The molecular formula is C58H109NO5. The van der Waals surface area contributed by atoms with Crippen LogP contribution in [0.1, 0.15) is 297 Å². The number of amides is 1. The van der Waals surface area contributed by atoms with E-state index >= 15 is 0 Å². The highest BCUT2D eigenvalue weighted by molar-refractivity contribution is 5.77. The van der Waals surface area contributed by atoms with Crippen LogP contribution in [0.25, 0.3) is 0 Å². The monoisotopic (exact) mass is 900 g/mol. The molecule has 0 saturated carbocycles. The van der Waals surface area contributed by atoms with E-state index < -0.39 is 18.2 Å². The molecule has 0 fully saturated rings. The lowest BCUT2D eigenvalue weighted by molar-refractivity contribution is -0.151. The Bertz CT molecular complexity index is 1060. The van der Waals surface area contributed by atoms with Crippen molar-refractivity contribution in [3.63, 3.8) is 0 Å². The molecule has 0 aliphatic carbocycles. The summed E-state index contributed by atoms with van der Waals surface area (Å²) in [6.07, 6.45) is 62.1. The van der Waals surface area contributed by atoms with Gasteiger partial charge in [0, 0.05) is 6.42 Å². The van der Waals surface area contributed by atoms with Crippen LogP contribution < -0.4 is 5.32 Å². The first-order valence-corrected chi connectivity index (χ1v) is 28.2. The minimum atomic E-state index is -0.787. The third-order valence-corrected chi connectivity index (χ3v) is 13.0. The van der Waals surface area contributed by atoms with Gasteiger partial charge in [-0.2, -0.15) is 0 Å². The average molecular weight is 901 g/mol. The second kappa shape index (κ2) is 52.1. The number of esters is 1. The largest absolute Gasteiger partial charge is 0.462 e. The van der Waals surface area contributed by atoms with E-state index in [4.69, 9.17) is 4.74 Å². The third kappa shape index (κ3) is 46.6. The summed E-state index contributed by atoms with van der Waals surface area (Å²) in [6.45, 7) is 6.39. The molecule has 0 aromatic heterocycles. The van der Waals surface area contributed by atoms with E-state index in [1.807, 2.05) is 0 Å². The van der Waals surface area contributed by atoms with Crippen molar-refractivity contribution in [1.82, 2.24) is 5.32 Å². The van der Waals surface area contributed by atoms with E-state index in [2.05, 4.69) is 62.5 Å². The van der Waals surface area contributed by atoms with E-state index in [0.717, 1.165) is 57.8 Å². The lowest BCUT2D eigenvalue weighted by Crippen LogP contribution is -2.46. The van der Waals surface area contributed by atoms with Crippen molar-refractivity contribution in [2.45, 2.75) is 315 Å². The second-order valence-corrected chi connectivity index (χ2v) is 19.4. The molecule has 1 amide bonds. The highest BCUT2D eigenvalue weighted by Gasteiger charge is 2.24. The molecule has 6 heteroatoms. The van der Waals surface area contributed by atoms with Crippen LogP contribution in [-0.4, -0.2) is 46.9 Å². The zero-order valence-electron chi connectivity index (χ0n) is 42.9. The molecule has 6 nitrogen and oxygen atoms in total. The van der Waals surface area contributed by atoms with Crippen molar-refractivity contribution >= 4 is 11.9 Å². The number of carbonyl (C=O) groups is 2. The fourth-order valence-corrected chi connectivity index (χ4v) is 8.79. The molecule has 0 saturated heterocycles. The van der Waals surface area contributed by atoms with Crippen LogP contribution in [0.4, 0.5) is 0 Å². The van der Waals surface area contributed by atoms with Gasteiger partial charge in [0.25, 0.3) is 0 Å². The molecule has 0 heterocycles. The highest BCUT2D eigenvalue weighted by Crippen LogP contribution is 2.19. The molecule has 3 unspecified atom stereocenters. The molecule has 0 bridgehead atoms. The number of aliphatic hydroxyl groups excluding tert-OH is 2. The van der Waals surface area contributed by atoms with Gasteiger partial charge in [-0.3, -0.25) is 9.59 Å². The van der Waals surface area contributed by atoms with Crippen LogP contribution in [0, 0.1) is 0 Å². The normalized spacial score (nSPS) is 13.4. The molecule has 376 valence electrons. The third-order valence-electron chi connectivity index (χ3n) is 13.0. The van der Waals surface area contributed by atoms with E-state index in [-0.39, 0.29) is 24.9 Å². The number of unbranched alkanes of at least 4 members (excludes halogenated alkanes) is 35. The maximum absolute atomic E-state index is 13.3. The molecular weight excluding hydrogens is 791 g/mol. The molecule has 0 aromatic carbocycles. The first kappa shape index (κ1) is 62.1. The van der Waals surface area contributed by atoms with Gasteiger partial charge in [0.2, 0.25) is 5.91 Å². The molecule has 64 heavy (non-hydrogen) atoms. The van der Waals surface area contributed by atoms with E-state index in [0.29, 0.717) is 19.3 Å². The number of aliphatic hydroxyl groups is 2. The van der Waals surface area contributed by atoms with Crippen LogP contribution in [0.3, 0.4) is 0 Å². The zero-order chi connectivity index (χ0) is 46.7. The van der Waals surface area contributed by atoms with Crippen molar-refractivity contribution in [3.05, 3.63) is 36.5 Å². The summed E-state index contributed by atoms with van der Waals surface area (Å²) >= 11 is 0. The SMILES string of the molecule is CC/C=C/C=C/C=C/CCCCCCCCCC(=O)OC(CCCCCCCCCCCCCCCCCCC)CC(=O)NC(CO)C(O)CCCCCCCCCCCCCCC. The van der Waals surface area contributed by atoms with E-state index in [1.54, 1.807) is 0 Å². The van der Waals surface area contributed by atoms with E-state index in [1.165, 1.54) is 193 Å². The molecule has 0 aliphatic heterocycles. The smallest absolute Gasteiger partial charge is 0.306 e. The number of allylic oxidation sites excluding steroid dienone is 6. The Hall–Kier alpha value is -1.92. The topological polar surface area (TPSA) is 95.9 Å². The van der Waals surface area contributed by atoms with Crippen molar-refractivity contribution in [3.8, 4) is 0 Å². The molecule has 0 spiro atoms. The van der Waals surface area contributed by atoms with Crippen LogP contribution in [0.5, 0.6) is 0 Å². The highest BCUT2D eigenvalue weighted by atomic mass is 16.5. The summed E-state index contributed by atoms with van der Waals surface area (Å²) in [7, 11) is 0. The second-order valence-electron chi connectivity index (χ2n) is 19.4.